The highest BCUT2D eigenvalue weighted by atomic mass is 32.2. The van der Waals surface area contributed by atoms with E-state index in [-0.39, 0.29) is 28.3 Å². The van der Waals surface area contributed by atoms with E-state index in [1.807, 2.05) is 0 Å². The number of nitrogens with zero attached hydrogens (tertiary/aromatic N) is 1. The van der Waals surface area contributed by atoms with Gasteiger partial charge in [0.15, 0.2) is 0 Å². The lowest BCUT2D eigenvalue weighted by molar-refractivity contribution is 0.0950. The molecule has 0 aliphatic carbocycles. The molecule has 0 aromatic heterocycles. The molecule has 0 aliphatic heterocycles. The zero-order valence-electron chi connectivity index (χ0n) is 14.4. The van der Waals surface area contributed by atoms with Gasteiger partial charge in [-0.25, -0.2) is 21.5 Å². The number of carbonyl (C=O) groups is 1. The van der Waals surface area contributed by atoms with Crippen LogP contribution in [0.15, 0.2) is 41.3 Å². The first-order valence-corrected chi connectivity index (χ1v) is 8.93. The molecule has 2 rings (SSSR count). The molecular formula is C17H18F2N2O4S. The number of amides is 1. The summed E-state index contributed by atoms with van der Waals surface area (Å²) in [5.41, 5.74) is 0.314. The molecule has 6 nitrogen and oxygen atoms in total. The Morgan fingerprint density at radius 2 is 1.73 bits per heavy atom. The van der Waals surface area contributed by atoms with E-state index in [1.165, 1.54) is 39.4 Å². The fourth-order valence-corrected chi connectivity index (χ4v) is 3.29. The highest BCUT2D eigenvalue weighted by Gasteiger charge is 2.23. The van der Waals surface area contributed by atoms with Crippen LogP contribution in [0.25, 0.3) is 0 Å². The molecule has 0 atom stereocenters. The maximum Gasteiger partial charge on any atom is 0.251 e. The first-order chi connectivity index (χ1) is 12.1. The Hall–Kier alpha value is -2.52. The van der Waals surface area contributed by atoms with Gasteiger partial charge in [-0.2, -0.15) is 0 Å². The maximum absolute atomic E-state index is 13.2. The van der Waals surface area contributed by atoms with Gasteiger partial charge >= 0.3 is 0 Å². The van der Waals surface area contributed by atoms with Gasteiger partial charge < -0.3 is 10.1 Å². The molecule has 0 bridgehead atoms. The monoisotopic (exact) mass is 384 g/mol. The molecule has 0 unspecified atom stereocenters. The predicted molar refractivity (Wildman–Crippen MR) is 91.4 cm³/mol. The lowest BCUT2D eigenvalue weighted by Crippen LogP contribution is -2.25. The number of benzene rings is 2. The van der Waals surface area contributed by atoms with Gasteiger partial charge in [-0.3, -0.25) is 4.79 Å². The third-order valence-corrected chi connectivity index (χ3v) is 5.40. The fraction of sp³-hybridized carbons (Fsp3) is 0.235. The molecule has 0 fully saturated rings. The number of halogens is 2. The summed E-state index contributed by atoms with van der Waals surface area (Å²) in [6, 6.07) is 6.88. The molecule has 0 saturated carbocycles. The Morgan fingerprint density at radius 3 is 2.27 bits per heavy atom. The summed E-state index contributed by atoms with van der Waals surface area (Å²) < 4.78 is 57.2. The number of hydrogen-bond donors (Lipinski definition) is 1. The average molecular weight is 384 g/mol. The molecule has 2 aromatic rings. The Morgan fingerprint density at radius 1 is 1.12 bits per heavy atom. The van der Waals surface area contributed by atoms with E-state index in [2.05, 4.69) is 5.32 Å². The number of hydrogen-bond acceptors (Lipinski definition) is 4. The van der Waals surface area contributed by atoms with Crippen molar-refractivity contribution < 1.29 is 26.7 Å². The molecule has 0 spiro atoms. The first kappa shape index (κ1) is 19.8. The highest BCUT2D eigenvalue weighted by Crippen LogP contribution is 2.26. The van der Waals surface area contributed by atoms with E-state index in [0.29, 0.717) is 0 Å². The van der Waals surface area contributed by atoms with Crippen molar-refractivity contribution in [3.05, 3.63) is 59.2 Å². The smallest absolute Gasteiger partial charge is 0.251 e. The van der Waals surface area contributed by atoms with Crippen LogP contribution in [0.5, 0.6) is 5.75 Å². The Labute approximate surface area is 150 Å². The predicted octanol–water partition coefficient (Wildman–Crippen LogP) is 2.15. The summed E-state index contributed by atoms with van der Waals surface area (Å²) in [4.78, 5) is 12.1. The zero-order valence-corrected chi connectivity index (χ0v) is 15.2. The van der Waals surface area contributed by atoms with Crippen LogP contribution in [0.4, 0.5) is 8.78 Å². The second-order valence-electron chi connectivity index (χ2n) is 5.61. The van der Waals surface area contributed by atoms with Crippen molar-refractivity contribution in [1.82, 2.24) is 9.62 Å². The summed E-state index contributed by atoms with van der Waals surface area (Å²) in [5, 5.41) is 2.49. The number of carbonyl (C=O) groups excluding carboxylic acids is 1. The minimum Gasteiger partial charge on any atom is -0.495 e. The van der Waals surface area contributed by atoms with Crippen LogP contribution in [0, 0.1) is 11.6 Å². The number of ether oxygens (including phenoxy) is 1. The van der Waals surface area contributed by atoms with Gasteiger partial charge in [0.2, 0.25) is 10.0 Å². The summed E-state index contributed by atoms with van der Waals surface area (Å²) in [6.45, 7) is -0.116. The second kappa shape index (κ2) is 7.79. The number of rotatable bonds is 6. The SMILES string of the molecule is COc1ccc(C(=O)NCc2cc(F)cc(F)c2)cc1S(=O)(=O)N(C)C. The quantitative estimate of drug-likeness (QED) is 0.828. The van der Waals surface area contributed by atoms with Gasteiger partial charge in [0.1, 0.15) is 22.3 Å². The van der Waals surface area contributed by atoms with E-state index in [0.717, 1.165) is 22.5 Å². The van der Waals surface area contributed by atoms with E-state index in [4.69, 9.17) is 4.74 Å². The van der Waals surface area contributed by atoms with Crippen molar-refractivity contribution in [2.24, 2.45) is 0 Å². The van der Waals surface area contributed by atoms with Gasteiger partial charge in [-0.05, 0) is 35.9 Å². The van der Waals surface area contributed by atoms with Crippen LogP contribution in [0.1, 0.15) is 15.9 Å². The summed E-state index contributed by atoms with van der Waals surface area (Å²) in [5.74, 6) is -1.99. The van der Waals surface area contributed by atoms with Crippen molar-refractivity contribution in [3.63, 3.8) is 0 Å². The first-order valence-electron chi connectivity index (χ1n) is 7.49. The van der Waals surface area contributed by atoms with Crippen molar-refractivity contribution >= 4 is 15.9 Å². The van der Waals surface area contributed by atoms with Crippen LogP contribution in [-0.4, -0.2) is 39.8 Å². The highest BCUT2D eigenvalue weighted by molar-refractivity contribution is 7.89. The molecule has 1 N–H and O–H groups in total. The third-order valence-electron chi connectivity index (χ3n) is 3.56. The van der Waals surface area contributed by atoms with Gasteiger partial charge in [0.05, 0.1) is 7.11 Å². The Kier molecular flexibility index (Phi) is 5.94. The third kappa shape index (κ3) is 4.36. The second-order valence-corrected chi connectivity index (χ2v) is 7.73. The van der Waals surface area contributed by atoms with Crippen molar-refractivity contribution in [2.75, 3.05) is 21.2 Å². The van der Waals surface area contributed by atoms with Gasteiger partial charge in [-0.15, -0.1) is 0 Å². The summed E-state index contributed by atoms with van der Waals surface area (Å²) in [7, 11) is 0.219. The average Bonchev–Trinajstić information content (AvgIpc) is 2.58. The molecular weight excluding hydrogens is 366 g/mol. The lowest BCUT2D eigenvalue weighted by Gasteiger charge is -2.15. The Balaban J connectivity index is 2.26. The molecule has 0 radical (unpaired) electrons. The minimum atomic E-state index is -3.82. The maximum atomic E-state index is 13.2. The van der Waals surface area contributed by atoms with E-state index in [1.54, 1.807) is 0 Å². The van der Waals surface area contributed by atoms with E-state index < -0.39 is 27.6 Å². The molecule has 9 heteroatoms. The van der Waals surface area contributed by atoms with Crippen LogP contribution in [-0.2, 0) is 16.6 Å². The molecule has 0 saturated heterocycles. The number of methoxy groups -OCH3 is 1. The van der Waals surface area contributed by atoms with Crippen LogP contribution in [0.2, 0.25) is 0 Å². The van der Waals surface area contributed by atoms with Gasteiger partial charge in [0.25, 0.3) is 5.91 Å². The van der Waals surface area contributed by atoms with Gasteiger partial charge in [-0.1, -0.05) is 0 Å². The molecule has 2 aromatic carbocycles. The van der Waals surface area contributed by atoms with Crippen molar-refractivity contribution in [1.29, 1.82) is 0 Å². The standard InChI is InChI=1S/C17H18F2N2O4S/c1-21(2)26(23,24)16-8-12(4-5-15(16)25-3)17(22)20-10-11-6-13(18)9-14(19)7-11/h4-9H,10H2,1-3H3,(H,20,22). The molecule has 0 heterocycles. The molecule has 0 aliphatic rings. The number of sulfonamides is 1. The largest absolute Gasteiger partial charge is 0.495 e. The fourth-order valence-electron chi connectivity index (χ4n) is 2.21. The lowest BCUT2D eigenvalue weighted by atomic mass is 10.1. The van der Waals surface area contributed by atoms with Gasteiger partial charge in [0, 0.05) is 32.3 Å². The summed E-state index contributed by atoms with van der Waals surface area (Å²) in [6.07, 6.45) is 0. The topological polar surface area (TPSA) is 75.7 Å². The summed E-state index contributed by atoms with van der Waals surface area (Å²) >= 11 is 0. The van der Waals surface area contributed by atoms with Crippen LogP contribution < -0.4 is 10.1 Å². The van der Waals surface area contributed by atoms with E-state index in [9.17, 15) is 22.0 Å². The Bertz CT molecular complexity index is 910. The van der Waals surface area contributed by atoms with Crippen molar-refractivity contribution in [3.8, 4) is 5.75 Å². The molecule has 140 valence electrons. The van der Waals surface area contributed by atoms with Crippen LogP contribution >= 0.6 is 0 Å². The van der Waals surface area contributed by atoms with Crippen molar-refractivity contribution in [2.45, 2.75) is 11.4 Å². The zero-order chi connectivity index (χ0) is 19.5. The normalized spacial score (nSPS) is 11.5. The number of nitrogens with one attached hydrogen (secondary N) is 1. The minimum absolute atomic E-state index is 0.0723. The molecule has 26 heavy (non-hydrogen) atoms. The molecule has 1 amide bonds. The van der Waals surface area contributed by atoms with E-state index >= 15 is 0 Å². The van der Waals surface area contributed by atoms with Crippen LogP contribution in [0.3, 0.4) is 0 Å².